The average molecular weight is 874 g/mol. The number of carbonyl (C=O) groups excluding carboxylic acids is 3. The molecule has 4 rings (SSSR count). The lowest BCUT2D eigenvalue weighted by Gasteiger charge is -2.31. The Bertz CT molecular complexity index is 1940. The Kier molecular flexibility index (Phi) is 21.0. The molecule has 0 fully saturated rings. The highest BCUT2D eigenvalue weighted by atomic mass is 31.2. The van der Waals surface area contributed by atoms with E-state index in [1.54, 1.807) is 0 Å². The molecular formula is C48H64N3O10P. The molecule has 0 aliphatic carbocycles. The van der Waals surface area contributed by atoms with E-state index in [2.05, 4.69) is 43.2 Å². The van der Waals surface area contributed by atoms with Crippen molar-refractivity contribution in [3.05, 3.63) is 125 Å². The van der Waals surface area contributed by atoms with Gasteiger partial charge in [0.1, 0.15) is 0 Å². The van der Waals surface area contributed by atoms with E-state index >= 15 is 0 Å². The number of ether oxygens (including phenoxy) is 3. The third-order valence-electron chi connectivity index (χ3n) is 9.59. The Morgan fingerprint density at radius 1 is 0.677 bits per heavy atom. The van der Waals surface area contributed by atoms with Gasteiger partial charge in [0.2, 0.25) is 6.79 Å². The fourth-order valence-corrected chi connectivity index (χ4v) is 7.67. The number of esters is 1. The fraction of sp³-hybridized carbons (Fsp3) is 0.438. The van der Waals surface area contributed by atoms with Gasteiger partial charge in [0, 0.05) is 18.8 Å². The largest absolute Gasteiger partial charge is 0.511 e. The molecule has 0 spiro atoms. The second-order valence-electron chi connectivity index (χ2n) is 16.0. The molecule has 0 unspecified atom stereocenters. The Labute approximate surface area is 367 Å². The maximum atomic E-state index is 13.4. The summed E-state index contributed by atoms with van der Waals surface area (Å²) in [4.78, 5) is 40.7. The minimum atomic E-state index is -3.87. The molecule has 0 bridgehead atoms. The highest BCUT2D eigenvalue weighted by molar-refractivity contribution is 7.48. The number of nitrogens with one attached hydrogen (secondary N) is 2. The number of hydrogen-bond acceptors (Lipinski definition) is 11. The summed E-state index contributed by atoms with van der Waals surface area (Å²) in [6.45, 7) is 13.9. The lowest BCUT2D eigenvalue weighted by molar-refractivity contribution is -0.153. The maximum absolute atomic E-state index is 13.4. The van der Waals surface area contributed by atoms with E-state index in [1.807, 2.05) is 117 Å². The van der Waals surface area contributed by atoms with Crippen molar-refractivity contribution in [1.82, 2.24) is 0 Å². The van der Waals surface area contributed by atoms with E-state index in [9.17, 15) is 18.9 Å². The van der Waals surface area contributed by atoms with E-state index in [0.717, 1.165) is 41.0 Å². The van der Waals surface area contributed by atoms with Gasteiger partial charge in [0.25, 0.3) is 0 Å². The van der Waals surface area contributed by atoms with E-state index in [4.69, 9.17) is 27.8 Å². The van der Waals surface area contributed by atoms with Crippen LogP contribution in [0.5, 0.6) is 0 Å². The summed E-state index contributed by atoms with van der Waals surface area (Å²) in [6, 6.07) is 31.8. The number of phosphoric ester groups is 1. The summed E-state index contributed by atoms with van der Waals surface area (Å²) in [7, 11) is -3.87. The molecule has 336 valence electrons. The number of carbonyl (C=O) groups is 3. The smallest absolute Gasteiger partial charge is 0.434 e. The quantitative estimate of drug-likeness (QED) is 0.0268. The number of urea groups is 1. The second-order valence-corrected chi connectivity index (χ2v) is 17.6. The summed E-state index contributed by atoms with van der Waals surface area (Å²) >= 11 is 0. The van der Waals surface area contributed by atoms with Crippen LogP contribution in [0.3, 0.4) is 0 Å². The molecule has 0 saturated heterocycles. The predicted octanol–water partition coefficient (Wildman–Crippen LogP) is 12.0. The lowest BCUT2D eigenvalue weighted by atomic mass is 9.92. The van der Waals surface area contributed by atoms with E-state index in [1.165, 1.54) is 0 Å². The van der Waals surface area contributed by atoms with Crippen LogP contribution < -0.4 is 15.5 Å². The number of phosphoric acid groups is 1. The van der Waals surface area contributed by atoms with Crippen LogP contribution in [0.15, 0.2) is 103 Å². The third kappa shape index (κ3) is 18.4. The first-order valence-electron chi connectivity index (χ1n) is 21.4. The number of hydrogen-bond donors (Lipinski definition) is 2. The molecule has 0 radical (unpaired) electrons. The summed E-state index contributed by atoms with van der Waals surface area (Å²) in [5.41, 5.74) is 5.83. The first-order valence-corrected chi connectivity index (χ1v) is 22.9. The van der Waals surface area contributed by atoms with Crippen molar-refractivity contribution >= 4 is 43.0 Å². The van der Waals surface area contributed by atoms with Crippen LogP contribution in [0.4, 0.5) is 26.7 Å². The number of benzene rings is 4. The average Bonchev–Trinajstić information content (AvgIpc) is 3.25. The van der Waals surface area contributed by atoms with Crippen LogP contribution in [0.2, 0.25) is 0 Å². The molecule has 0 aliphatic heterocycles. The van der Waals surface area contributed by atoms with Crippen molar-refractivity contribution in [3.8, 4) is 0 Å². The Hall–Kier alpha value is -5.20. The molecule has 0 heterocycles. The van der Waals surface area contributed by atoms with Crippen molar-refractivity contribution in [2.45, 2.75) is 92.8 Å². The van der Waals surface area contributed by atoms with Gasteiger partial charge < -0.3 is 29.7 Å². The molecule has 4 aromatic rings. The Morgan fingerprint density at radius 3 is 1.85 bits per heavy atom. The van der Waals surface area contributed by atoms with Crippen molar-refractivity contribution in [1.29, 1.82) is 0 Å². The molecule has 2 N–H and O–H groups in total. The first kappa shape index (κ1) is 49.5. The van der Waals surface area contributed by atoms with E-state index in [-0.39, 0.29) is 44.8 Å². The van der Waals surface area contributed by atoms with Crippen LogP contribution in [0.25, 0.3) is 0 Å². The van der Waals surface area contributed by atoms with Gasteiger partial charge >= 0.3 is 26.0 Å². The summed E-state index contributed by atoms with van der Waals surface area (Å²) < 4.78 is 45.7. The van der Waals surface area contributed by atoms with Gasteiger partial charge in [0.15, 0.2) is 0 Å². The van der Waals surface area contributed by atoms with Crippen molar-refractivity contribution < 1.29 is 46.7 Å². The van der Waals surface area contributed by atoms with Crippen LogP contribution in [-0.4, -0.2) is 51.3 Å². The monoisotopic (exact) mass is 873 g/mol. The number of amides is 2. The molecule has 62 heavy (non-hydrogen) atoms. The SMILES string of the molecule is CC[C@@H](CC(=O)OCOC(=O)OCCCCCOP(=O)(OCc1ccccc1)OCc1ccccc1)c1ccc(N(CC(C)C)CC(C)C)c(NC(=O)Nc2ccc(C)cc2)c1. The molecule has 4 aromatic carbocycles. The molecular weight excluding hydrogens is 810 g/mol. The number of aryl methyl sites for hydroxylation is 1. The standard InChI is InChI=1S/C48H64N3O10P/c1-7-41(42-23-26-45(51(31-36(2)3)32-37(4)5)44(29-42)50-47(53)49-43-24-21-38(6)22-25-43)30-46(52)57-35-58-48(54)56-27-15-10-16-28-59-62(55,60-33-39-17-11-8-12-18-39)61-34-40-19-13-9-14-20-40/h8-9,11-14,17-26,29,36-37,41H,7,10,15-16,27-28,30-35H2,1-6H3,(H2,49,50,53)/t41-/m0/s1. The molecule has 14 heteroatoms. The van der Waals surface area contributed by atoms with Gasteiger partial charge in [-0.3, -0.25) is 18.4 Å². The van der Waals surface area contributed by atoms with Crippen molar-refractivity contribution in [3.63, 3.8) is 0 Å². The number of anilines is 3. The van der Waals surface area contributed by atoms with Crippen LogP contribution in [0, 0.1) is 18.8 Å². The number of rotatable bonds is 26. The van der Waals surface area contributed by atoms with Crippen LogP contribution >= 0.6 is 7.82 Å². The zero-order chi connectivity index (χ0) is 44.7. The lowest BCUT2D eigenvalue weighted by Crippen LogP contribution is -2.32. The van der Waals surface area contributed by atoms with Gasteiger partial charge in [-0.25, -0.2) is 14.2 Å². The van der Waals surface area contributed by atoms with Gasteiger partial charge in [-0.05, 0) is 91.3 Å². The van der Waals surface area contributed by atoms with E-state index < -0.39 is 26.7 Å². The highest BCUT2D eigenvalue weighted by Crippen LogP contribution is 2.51. The number of nitrogens with zero attached hydrogens (tertiary/aromatic N) is 1. The summed E-state index contributed by atoms with van der Waals surface area (Å²) in [6.07, 6.45) is 1.30. The second kappa shape index (κ2) is 26.3. The predicted molar refractivity (Wildman–Crippen MR) is 243 cm³/mol. The van der Waals surface area contributed by atoms with Crippen LogP contribution in [0.1, 0.15) is 94.9 Å². The van der Waals surface area contributed by atoms with Crippen LogP contribution in [-0.2, 0) is 50.4 Å². The molecule has 13 nitrogen and oxygen atoms in total. The summed E-state index contributed by atoms with van der Waals surface area (Å²) in [5.74, 6) is 0.00394. The Balaban J connectivity index is 1.22. The van der Waals surface area contributed by atoms with Gasteiger partial charge in [-0.1, -0.05) is 119 Å². The molecule has 0 saturated carbocycles. The molecule has 2 amide bonds. The summed E-state index contributed by atoms with van der Waals surface area (Å²) in [5, 5.41) is 5.99. The zero-order valence-electron chi connectivity index (χ0n) is 37.0. The topological polar surface area (TPSA) is 151 Å². The first-order chi connectivity index (χ1) is 29.8. The number of unbranched alkanes of at least 4 members (excludes halogenated alkanes) is 2. The molecule has 1 atom stereocenters. The fourth-order valence-electron chi connectivity index (χ4n) is 6.48. The van der Waals surface area contributed by atoms with Crippen molar-refractivity contribution in [2.24, 2.45) is 11.8 Å². The van der Waals surface area contributed by atoms with Crippen molar-refractivity contribution in [2.75, 3.05) is 48.6 Å². The minimum Gasteiger partial charge on any atom is -0.434 e. The normalized spacial score (nSPS) is 11.9. The van der Waals surface area contributed by atoms with E-state index in [0.29, 0.717) is 48.9 Å². The zero-order valence-corrected chi connectivity index (χ0v) is 37.9. The molecule has 0 aliphatic rings. The third-order valence-corrected chi connectivity index (χ3v) is 11.0. The minimum absolute atomic E-state index is 0.0363. The highest BCUT2D eigenvalue weighted by Gasteiger charge is 2.27. The Morgan fingerprint density at radius 2 is 1.27 bits per heavy atom. The van der Waals surface area contributed by atoms with Gasteiger partial charge in [-0.2, -0.15) is 0 Å². The van der Waals surface area contributed by atoms with Gasteiger partial charge in [-0.15, -0.1) is 0 Å². The maximum Gasteiger partial charge on any atom is 0.511 e. The van der Waals surface area contributed by atoms with Gasteiger partial charge in [0.05, 0.1) is 44.2 Å². The molecule has 0 aromatic heterocycles.